The molecule has 1 fully saturated rings. The lowest BCUT2D eigenvalue weighted by atomic mass is 10.1. The fraction of sp³-hybridized carbons (Fsp3) is 0.500. The molecule has 0 atom stereocenters. The van der Waals surface area contributed by atoms with Crippen molar-refractivity contribution in [1.29, 1.82) is 0 Å². The van der Waals surface area contributed by atoms with Crippen molar-refractivity contribution in [3.05, 3.63) is 24.0 Å². The molecule has 1 aliphatic heterocycles. The zero-order chi connectivity index (χ0) is 13.3. The summed E-state index contributed by atoms with van der Waals surface area (Å²) in [5.74, 6) is -0.492. The number of benzene rings is 1. The standard InChI is InChI=1S/C12H17FN2O2S.ClH/c1-18(16,17)10-2-3-12(11(13)8-10)15-6-4-9(14)5-7-15;/h2-3,8-9H,4-7,14H2,1H3;1H. The molecule has 0 radical (unpaired) electrons. The molecule has 2 N–H and O–H groups in total. The van der Waals surface area contributed by atoms with E-state index in [-0.39, 0.29) is 23.3 Å². The molecule has 1 aromatic rings. The van der Waals surface area contributed by atoms with Crippen molar-refractivity contribution in [2.75, 3.05) is 24.2 Å². The molecule has 0 aliphatic carbocycles. The Morgan fingerprint density at radius 1 is 1.32 bits per heavy atom. The average molecular weight is 309 g/mol. The number of piperidine rings is 1. The van der Waals surface area contributed by atoms with Crippen LogP contribution in [0.2, 0.25) is 0 Å². The topological polar surface area (TPSA) is 63.4 Å². The SMILES string of the molecule is CS(=O)(=O)c1ccc(N2CCC(N)CC2)c(F)c1.Cl. The number of nitrogens with two attached hydrogens (primary N) is 1. The van der Waals surface area contributed by atoms with Gasteiger partial charge in [0.15, 0.2) is 9.84 Å². The highest BCUT2D eigenvalue weighted by molar-refractivity contribution is 7.90. The van der Waals surface area contributed by atoms with Crippen molar-refractivity contribution < 1.29 is 12.8 Å². The molecule has 19 heavy (non-hydrogen) atoms. The normalized spacial score (nSPS) is 17.1. The zero-order valence-corrected chi connectivity index (χ0v) is 12.3. The lowest BCUT2D eigenvalue weighted by Gasteiger charge is -2.32. The second-order valence-corrected chi connectivity index (χ2v) is 6.73. The maximum Gasteiger partial charge on any atom is 0.175 e. The second-order valence-electron chi connectivity index (χ2n) is 4.71. The zero-order valence-electron chi connectivity index (χ0n) is 10.7. The molecule has 1 aromatic carbocycles. The van der Waals surface area contributed by atoms with E-state index in [0.29, 0.717) is 18.8 Å². The Morgan fingerprint density at radius 3 is 2.37 bits per heavy atom. The molecule has 0 amide bonds. The molecule has 0 saturated carbocycles. The first kappa shape index (κ1) is 16.2. The van der Waals surface area contributed by atoms with Gasteiger partial charge in [-0.25, -0.2) is 12.8 Å². The maximum atomic E-state index is 13.9. The predicted octanol–water partition coefficient (Wildman–Crippen LogP) is 1.58. The second kappa shape index (κ2) is 6.07. The third kappa shape index (κ3) is 3.81. The van der Waals surface area contributed by atoms with Gasteiger partial charge >= 0.3 is 0 Å². The summed E-state index contributed by atoms with van der Waals surface area (Å²) in [7, 11) is -3.36. The first-order valence-electron chi connectivity index (χ1n) is 5.88. The predicted molar refractivity (Wildman–Crippen MR) is 76.2 cm³/mol. The fourth-order valence-electron chi connectivity index (χ4n) is 2.12. The first-order chi connectivity index (χ1) is 8.38. The summed E-state index contributed by atoms with van der Waals surface area (Å²) in [6, 6.07) is 4.24. The van der Waals surface area contributed by atoms with Gasteiger partial charge in [-0.05, 0) is 31.0 Å². The van der Waals surface area contributed by atoms with E-state index >= 15 is 0 Å². The van der Waals surface area contributed by atoms with Crippen LogP contribution in [0, 0.1) is 5.82 Å². The first-order valence-corrected chi connectivity index (χ1v) is 7.77. The van der Waals surface area contributed by atoms with Crippen LogP contribution in [-0.2, 0) is 9.84 Å². The number of hydrogen-bond acceptors (Lipinski definition) is 4. The summed E-state index contributed by atoms with van der Waals surface area (Å²) in [4.78, 5) is 1.92. The number of hydrogen-bond donors (Lipinski definition) is 1. The summed E-state index contributed by atoms with van der Waals surface area (Å²) in [6.07, 6.45) is 2.72. The molecule has 1 aliphatic rings. The van der Waals surface area contributed by atoms with Crippen LogP contribution in [0.25, 0.3) is 0 Å². The van der Waals surface area contributed by atoms with E-state index in [9.17, 15) is 12.8 Å². The molecule has 1 saturated heterocycles. The van der Waals surface area contributed by atoms with E-state index in [1.807, 2.05) is 4.90 Å². The molecule has 7 heteroatoms. The van der Waals surface area contributed by atoms with E-state index in [1.165, 1.54) is 12.1 Å². The molecule has 0 aromatic heterocycles. The molecule has 0 bridgehead atoms. The Morgan fingerprint density at radius 2 is 1.89 bits per heavy atom. The quantitative estimate of drug-likeness (QED) is 0.901. The number of nitrogens with zero attached hydrogens (tertiary/aromatic N) is 1. The van der Waals surface area contributed by atoms with Crippen LogP contribution in [0.4, 0.5) is 10.1 Å². The van der Waals surface area contributed by atoms with Crippen LogP contribution in [0.3, 0.4) is 0 Å². The van der Waals surface area contributed by atoms with Crippen molar-refractivity contribution in [3.63, 3.8) is 0 Å². The van der Waals surface area contributed by atoms with E-state index in [0.717, 1.165) is 25.2 Å². The maximum absolute atomic E-state index is 13.9. The van der Waals surface area contributed by atoms with Gasteiger partial charge in [-0.1, -0.05) is 0 Å². The van der Waals surface area contributed by atoms with Crippen LogP contribution in [0.1, 0.15) is 12.8 Å². The number of halogens is 2. The van der Waals surface area contributed by atoms with Crippen LogP contribution in [0.5, 0.6) is 0 Å². The van der Waals surface area contributed by atoms with Gasteiger partial charge in [0.1, 0.15) is 5.82 Å². The van der Waals surface area contributed by atoms with Crippen LogP contribution >= 0.6 is 12.4 Å². The Balaban J connectivity index is 0.00000180. The fourth-order valence-corrected chi connectivity index (χ4v) is 2.75. The van der Waals surface area contributed by atoms with Crippen molar-refractivity contribution in [2.45, 2.75) is 23.8 Å². The minimum Gasteiger partial charge on any atom is -0.369 e. The van der Waals surface area contributed by atoms with Crippen molar-refractivity contribution in [3.8, 4) is 0 Å². The minimum absolute atomic E-state index is 0. The van der Waals surface area contributed by atoms with Crippen LogP contribution < -0.4 is 10.6 Å². The summed E-state index contributed by atoms with van der Waals surface area (Å²) in [6.45, 7) is 1.41. The minimum atomic E-state index is -3.36. The smallest absolute Gasteiger partial charge is 0.175 e. The van der Waals surface area contributed by atoms with Gasteiger partial charge in [0.2, 0.25) is 0 Å². The van der Waals surface area contributed by atoms with Crippen molar-refractivity contribution in [2.24, 2.45) is 5.73 Å². The third-order valence-corrected chi connectivity index (χ3v) is 4.34. The molecule has 108 valence electrons. The highest BCUT2D eigenvalue weighted by Gasteiger charge is 2.20. The van der Waals surface area contributed by atoms with Crippen molar-refractivity contribution >= 4 is 27.9 Å². The molecule has 0 unspecified atom stereocenters. The van der Waals surface area contributed by atoms with Gasteiger partial charge in [-0.15, -0.1) is 12.4 Å². The van der Waals surface area contributed by atoms with Gasteiger partial charge in [0, 0.05) is 25.4 Å². The van der Waals surface area contributed by atoms with E-state index in [1.54, 1.807) is 0 Å². The molecular weight excluding hydrogens is 291 g/mol. The van der Waals surface area contributed by atoms with E-state index < -0.39 is 15.7 Å². The van der Waals surface area contributed by atoms with Crippen LogP contribution in [-0.4, -0.2) is 33.8 Å². The van der Waals surface area contributed by atoms with E-state index in [2.05, 4.69) is 0 Å². The Bertz CT molecular complexity index is 543. The summed E-state index contributed by atoms with van der Waals surface area (Å²) >= 11 is 0. The summed E-state index contributed by atoms with van der Waals surface area (Å²) in [5.41, 5.74) is 6.25. The lowest BCUT2D eigenvalue weighted by molar-refractivity contribution is 0.493. The van der Waals surface area contributed by atoms with Gasteiger partial charge in [0.05, 0.1) is 10.6 Å². The molecule has 4 nitrogen and oxygen atoms in total. The Labute approximate surface area is 119 Å². The molecule has 2 rings (SSSR count). The average Bonchev–Trinajstić information content (AvgIpc) is 2.29. The number of rotatable bonds is 2. The summed E-state index contributed by atoms with van der Waals surface area (Å²) in [5, 5.41) is 0. The van der Waals surface area contributed by atoms with Gasteiger partial charge in [-0.3, -0.25) is 0 Å². The highest BCUT2D eigenvalue weighted by Crippen LogP contribution is 2.25. The molecule has 0 spiro atoms. The highest BCUT2D eigenvalue weighted by atomic mass is 35.5. The largest absolute Gasteiger partial charge is 0.369 e. The monoisotopic (exact) mass is 308 g/mol. The Kier molecular flexibility index (Phi) is 5.18. The number of anilines is 1. The molecular formula is C12H18ClFN2O2S. The third-order valence-electron chi connectivity index (χ3n) is 3.23. The Hall–Kier alpha value is -0.850. The lowest BCUT2D eigenvalue weighted by Crippen LogP contribution is -2.40. The summed E-state index contributed by atoms with van der Waals surface area (Å²) < 4.78 is 36.6. The van der Waals surface area contributed by atoms with Crippen molar-refractivity contribution in [1.82, 2.24) is 0 Å². The number of sulfone groups is 1. The van der Waals surface area contributed by atoms with Gasteiger partial charge in [0.25, 0.3) is 0 Å². The van der Waals surface area contributed by atoms with E-state index in [4.69, 9.17) is 5.73 Å². The van der Waals surface area contributed by atoms with Gasteiger partial charge < -0.3 is 10.6 Å². The van der Waals surface area contributed by atoms with Gasteiger partial charge in [-0.2, -0.15) is 0 Å². The van der Waals surface area contributed by atoms with Crippen LogP contribution in [0.15, 0.2) is 23.1 Å². The molecule has 1 heterocycles.